The number of nitrogens with two attached hydrogens (primary N) is 1. The lowest BCUT2D eigenvalue weighted by Gasteiger charge is -2.12. The summed E-state index contributed by atoms with van der Waals surface area (Å²) in [5.74, 6) is 1.41. The zero-order valence-corrected chi connectivity index (χ0v) is 16.5. The van der Waals surface area contributed by atoms with Crippen molar-refractivity contribution in [3.8, 4) is 11.5 Å². The summed E-state index contributed by atoms with van der Waals surface area (Å²) in [5, 5.41) is 3.47. The highest BCUT2D eigenvalue weighted by molar-refractivity contribution is 6.31. The molecule has 4 nitrogen and oxygen atoms in total. The molecule has 140 valence electrons. The molecule has 2 aromatic carbocycles. The number of rotatable bonds is 8. The van der Waals surface area contributed by atoms with Crippen LogP contribution in [0.15, 0.2) is 60.8 Å². The summed E-state index contributed by atoms with van der Waals surface area (Å²) in [7, 11) is 1.64. The summed E-state index contributed by atoms with van der Waals surface area (Å²) in [5.41, 5.74) is 3.22. The molecule has 1 aromatic heterocycles. The van der Waals surface area contributed by atoms with Gasteiger partial charge in [-0.1, -0.05) is 47.5 Å². The van der Waals surface area contributed by atoms with Crippen LogP contribution >= 0.6 is 23.2 Å². The minimum atomic E-state index is 0.401. The van der Waals surface area contributed by atoms with E-state index >= 15 is 0 Å². The first-order chi connectivity index (χ1) is 13.2. The molecule has 3 rings (SSSR count). The van der Waals surface area contributed by atoms with Crippen LogP contribution in [0.3, 0.4) is 0 Å². The van der Waals surface area contributed by atoms with E-state index in [1.54, 1.807) is 19.4 Å². The standard InChI is InChI=1S/C21H20Cl2N2O2/c1-26-20-10-15(11-24-13-17-4-2-3-5-18(17)22)6-8-19(20)27-14-16-7-9-21(23)25-12-16/h2-10,12,24H,11,13-14H2,1H3/p+1. The Morgan fingerprint density at radius 3 is 2.48 bits per heavy atom. The molecule has 0 fully saturated rings. The Bertz CT molecular complexity index is 886. The Balaban J connectivity index is 1.58. The summed E-state index contributed by atoms with van der Waals surface area (Å²) >= 11 is 12.0. The molecule has 0 saturated heterocycles. The van der Waals surface area contributed by atoms with E-state index in [-0.39, 0.29) is 0 Å². The van der Waals surface area contributed by atoms with Crippen LogP contribution in [0.5, 0.6) is 11.5 Å². The number of pyridine rings is 1. The molecular formula is C21H21Cl2N2O2+. The van der Waals surface area contributed by atoms with Gasteiger partial charge in [0, 0.05) is 27.9 Å². The summed E-state index contributed by atoms with van der Waals surface area (Å²) < 4.78 is 11.3. The van der Waals surface area contributed by atoms with Crippen LogP contribution in [-0.2, 0) is 19.7 Å². The summed E-state index contributed by atoms with van der Waals surface area (Å²) in [6.45, 7) is 2.05. The van der Waals surface area contributed by atoms with E-state index in [2.05, 4.69) is 10.3 Å². The monoisotopic (exact) mass is 403 g/mol. The van der Waals surface area contributed by atoms with Gasteiger partial charge in [-0.15, -0.1) is 0 Å². The van der Waals surface area contributed by atoms with Gasteiger partial charge < -0.3 is 14.8 Å². The molecule has 2 N–H and O–H groups in total. The fourth-order valence-electron chi connectivity index (χ4n) is 2.67. The van der Waals surface area contributed by atoms with Gasteiger partial charge in [0.25, 0.3) is 0 Å². The van der Waals surface area contributed by atoms with Crippen LogP contribution in [0.2, 0.25) is 10.2 Å². The van der Waals surface area contributed by atoms with Crippen LogP contribution in [0.4, 0.5) is 0 Å². The number of halogens is 2. The molecule has 27 heavy (non-hydrogen) atoms. The maximum Gasteiger partial charge on any atom is 0.161 e. The molecule has 0 atom stereocenters. The second-order valence-corrected chi connectivity index (χ2v) is 6.85. The molecule has 1 heterocycles. The minimum Gasteiger partial charge on any atom is -0.493 e. The number of benzene rings is 2. The van der Waals surface area contributed by atoms with Gasteiger partial charge in [0.15, 0.2) is 11.5 Å². The third kappa shape index (κ3) is 5.60. The molecule has 0 aliphatic carbocycles. The number of hydrogen-bond donors (Lipinski definition) is 1. The zero-order chi connectivity index (χ0) is 19.1. The molecule has 3 aromatic rings. The SMILES string of the molecule is COc1cc(C[NH2+]Cc2ccccc2Cl)ccc1OCc1ccc(Cl)nc1. The summed E-state index contributed by atoms with van der Waals surface area (Å²) in [6.07, 6.45) is 1.70. The first-order valence-corrected chi connectivity index (χ1v) is 9.36. The Morgan fingerprint density at radius 2 is 1.74 bits per heavy atom. The maximum atomic E-state index is 6.20. The average Bonchev–Trinajstić information content (AvgIpc) is 2.69. The number of ether oxygens (including phenoxy) is 2. The number of aromatic nitrogens is 1. The molecule has 0 amide bonds. The van der Waals surface area contributed by atoms with Crippen LogP contribution in [-0.4, -0.2) is 12.1 Å². The smallest absolute Gasteiger partial charge is 0.161 e. The van der Waals surface area contributed by atoms with Crippen molar-refractivity contribution < 1.29 is 14.8 Å². The van der Waals surface area contributed by atoms with Crippen molar-refractivity contribution in [1.82, 2.24) is 4.98 Å². The van der Waals surface area contributed by atoms with E-state index in [1.807, 2.05) is 48.5 Å². The molecule has 0 spiro atoms. The van der Waals surface area contributed by atoms with Gasteiger partial charge in [-0.3, -0.25) is 0 Å². The van der Waals surface area contributed by atoms with Crippen molar-refractivity contribution in [1.29, 1.82) is 0 Å². The highest BCUT2D eigenvalue weighted by Crippen LogP contribution is 2.28. The van der Waals surface area contributed by atoms with Crippen molar-refractivity contribution in [2.75, 3.05) is 7.11 Å². The fourth-order valence-corrected chi connectivity index (χ4v) is 2.99. The lowest BCUT2D eigenvalue weighted by Crippen LogP contribution is -2.80. The van der Waals surface area contributed by atoms with Gasteiger partial charge in [0.2, 0.25) is 0 Å². The molecule has 0 saturated carbocycles. The number of methoxy groups -OCH3 is 1. The fraction of sp³-hybridized carbons (Fsp3) is 0.190. The highest BCUT2D eigenvalue weighted by atomic mass is 35.5. The second kappa shape index (κ2) is 9.60. The average molecular weight is 404 g/mol. The van der Waals surface area contributed by atoms with Gasteiger partial charge in [0.05, 0.1) is 7.11 Å². The van der Waals surface area contributed by atoms with Crippen LogP contribution in [0.25, 0.3) is 0 Å². The van der Waals surface area contributed by atoms with Crippen molar-refractivity contribution in [2.24, 2.45) is 0 Å². The molecule has 0 aliphatic rings. The van der Waals surface area contributed by atoms with Gasteiger partial charge in [-0.2, -0.15) is 0 Å². The minimum absolute atomic E-state index is 0.401. The van der Waals surface area contributed by atoms with E-state index in [0.717, 1.165) is 34.8 Å². The summed E-state index contributed by atoms with van der Waals surface area (Å²) in [4.78, 5) is 4.05. The van der Waals surface area contributed by atoms with E-state index in [1.165, 1.54) is 0 Å². The first kappa shape index (κ1) is 19.5. The second-order valence-electron chi connectivity index (χ2n) is 6.05. The van der Waals surface area contributed by atoms with Gasteiger partial charge >= 0.3 is 0 Å². The van der Waals surface area contributed by atoms with E-state index in [9.17, 15) is 0 Å². The molecule has 6 heteroatoms. The zero-order valence-electron chi connectivity index (χ0n) is 15.0. The van der Waals surface area contributed by atoms with E-state index < -0.39 is 0 Å². The highest BCUT2D eigenvalue weighted by Gasteiger charge is 2.08. The quantitative estimate of drug-likeness (QED) is 0.572. The molecule has 0 bridgehead atoms. The number of quaternary nitrogens is 1. The molecule has 0 unspecified atom stereocenters. The Morgan fingerprint density at radius 1 is 0.926 bits per heavy atom. The van der Waals surface area contributed by atoms with Crippen LogP contribution in [0.1, 0.15) is 16.7 Å². The first-order valence-electron chi connectivity index (χ1n) is 8.61. The predicted molar refractivity (Wildman–Crippen MR) is 107 cm³/mol. The maximum absolute atomic E-state index is 6.20. The third-order valence-corrected chi connectivity index (χ3v) is 4.71. The molecule has 0 aliphatic heterocycles. The van der Waals surface area contributed by atoms with Gasteiger partial charge in [-0.05, 0) is 30.3 Å². The number of hydrogen-bond acceptors (Lipinski definition) is 3. The van der Waals surface area contributed by atoms with Crippen molar-refractivity contribution in [3.05, 3.63) is 87.7 Å². The van der Waals surface area contributed by atoms with Crippen molar-refractivity contribution in [3.63, 3.8) is 0 Å². The predicted octanol–water partition coefficient (Wildman–Crippen LogP) is 4.24. The Kier molecular flexibility index (Phi) is 6.93. The molecule has 0 radical (unpaired) electrons. The van der Waals surface area contributed by atoms with Crippen LogP contribution in [0, 0.1) is 0 Å². The Hall–Kier alpha value is -2.27. The lowest BCUT2D eigenvalue weighted by atomic mass is 10.2. The Labute approximate surface area is 169 Å². The number of nitrogens with zero attached hydrogens (tertiary/aromatic N) is 1. The van der Waals surface area contributed by atoms with E-state index in [4.69, 9.17) is 32.7 Å². The largest absolute Gasteiger partial charge is 0.493 e. The van der Waals surface area contributed by atoms with Crippen molar-refractivity contribution in [2.45, 2.75) is 19.7 Å². The lowest BCUT2D eigenvalue weighted by molar-refractivity contribution is -0.686. The van der Waals surface area contributed by atoms with Crippen molar-refractivity contribution >= 4 is 23.2 Å². The topological polar surface area (TPSA) is 48.0 Å². The normalized spacial score (nSPS) is 10.6. The summed E-state index contributed by atoms with van der Waals surface area (Å²) in [6, 6.07) is 17.5. The van der Waals surface area contributed by atoms with Crippen LogP contribution < -0.4 is 14.8 Å². The van der Waals surface area contributed by atoms with Gasteiger partial charge in [0.1, 0.15) is 24.8 Å². The van der Waals surface area contributed by atoms with Gasteiger partial charge in [-0.25, -0.2) is 4.98 Å². The molecular weight excluding hydrogens is 383 g/mol. The third-order valence-electron chi connectivity index (χ3n) is 4.11. The van der Waals surface area contributed by atoms with E-state index in [0.29, 0.717) is 23.3 Å².